The number of aryl methyl sites for hydroxylation is 1. The third-order valence-electron chi connectivity index (χ3n) is 8.95. The van der Waals surface area contributed by atoms with Crippen LogP contribution in [0.1, 0.15) is 56.1 Å². The number of hydrogen-bond donors (Lipinski definition) is 0. The fourth-order valence-electron chi connectivity index (χ4n) is 7.91. The number of benzene rings is 3. The highest BCUT2D eigenvalue weighted by atomic mass is 16.5. The molecule has 0 N–H and O–H groups in total. The van der Waals surface area contributed by atoms with Gasteiger partial charge >= 0.3 is 0 Å². The zero-order chi connectivity index (χ0) is 23.0. The predicted molar refractivity (Wildman–Crippen MR) is 140 cm³/mol. The van der Waals surface area contributed by atoms with Crippen molar-refractivity contribution in [3.05, 3.63) is 71.8 Å². The van der Waals surface area contributed by atoms with Crippen LogP contribution in [0.25, 0.3) is 21.9 Å². The highest BCUT2D eigenvalue weighted by Gasteiger charge is 2.52. The average molecular weight is 455 g/mol. The second-order valence-electron chi connectivity index (χ2n) is 11.3. The summed E-state index contributed by atoms with van der Waals surface area (Å²) in [6.45, 7) is 2.19. The molecule has 2 heteroatoms. The fraction of sp³-hybridized carbons (Fsp3) is 0.500. The minimum atomic E-state index is 0.415. The number of ether oxygens (including phenoxy) is 2. The molecule has 4 fully saturated rings. The second-order valence-corrected chi connectivity index (χ2v) is 11.3. The van der Waals surface area contributed by atoms with Gasteiger partial charge in [-0.25, -0.2) is 0 Å². The van der Waals surface area contributed by atoms with Crippen molar-refractivity contribution >= 4 is 10.8 Å². The molecule has 4 bridgehead atoms. The molecule has 0 unspecified atom stereocenters. The summed E-state index contributed by atoms with van der Waals surface area (Å²) in [5.74, 6) is 2.88. The van der Waals surface area contributed by atoms with E-state index < -0.39 is 0 Å². The minimum Gasteiger partial charge on any atom is -0.382 e. The topological polar surface area (TPSA) is 18.5 Å². The van der Waals surface area contributed by atoms with Crippen LogP contribution in [0, 0.1) is 17.8 Å². The van der Waals surface area contributed by atoms with E-state index in [1.54, 1.807) is 18.2 Å². The highest BCUT2D eigenvalue weighted by molar-refractivity contribution is 5.89. The van der Waals surface area contributed by atoms with Gasteiger partial charge in [0.2, 0.25) is 0 Å². The second kappa shape index (κ2) is 9.47. The Morgan fingerprint density at radius 1 is 0.735 bits per heavy atom. The summed E-state index contributed by atoms with van der Waals surface area (Å²) in [6, 6.07) is 23.0. The Bertz CT molecular complexity index is 1100. The maximum absolute atomic E-state index is 5.81. The summed E-state index contributed by atoms with van der Waals surface area (Å²) < 4.78 is 10.9. The molecule has 0 aromatic heterocycles. The lowest BCUT2D eigenvalue weighted by Gasteiger charge is -2.57. The van der Waals surface area contributed by atoms with Crippen molar-refractivity contribution in [3.8, 4) is 11.1 Å². The third kappa shape index (κ3) is 4.32. The Balaban J connectivity index is 1.36. The first-order valence-corrected chi connectivity index (χ1v) is 13.4. The van der Waals surface area contributed by atoms with Crippen LogP contribution >= 0.6 is 0 Å². The number of hydrogen-bond acceptors (Lipinski definition) is 2. The van der Waals surface area contributed by atoms with Crippen molar-refractivity contribution in [3.63, 3.8) is 0 Å². The lowest BCUT2D eigenvalue weighted by Crippen LogP contribution is -2.48. The molecule has 2 nitrogen and oxygen atoms in total. The maximum atomic E-state index is 5.81. The molecule has 3 aromatic carbocycles. The van der Waals surface area contributed by atoms with Crippen molar-refractivity contribution in [2.45, 2.75) is 56.8 Å². The van der Waals surface area contributed by atoms with Crippen LogP contribution in [0.2, 0.25) is 0 Å². The number of fused-ring (bicyclic) bond motifs is 1. The molecule has 0 spiro atoms. The van der Waals surface area contributed by atoms with Gasteiger partial charge in [-0.2, -0.15) is 0 Å². The van der Waals surface area contributed by atoms with Crippen LogP contribution in [-0.4, -0.2) is 26.9 Å². The third-order valence-corrected chi connectivity index (χ3v) is 8.95. The molecule has 4 aliphatic carbocycles. The Labute approximate surface area is 204 Å². The van der Waals surface area contributed by atoms with Crippen LogP contribution in [0.3, 0.4) is 0 Å². The molecular weight excluding hydrogens is 416 g/mol. The van der Waals surface area contributed by atoms with Crippen molar-refractivity contribution in [1.29, 1.82) is 0 Å². The quantitative estimate of drug-likeness (QED) is 0.310. The minimum absolute atomic E-state index is 0.415. The van der Waals surface area contributed by atoms with Gasteiger partial charge in [-0.05, 0) is 114 Å². The summed E-state index contributed by atoms with van der Waals surface area (Å²) in [5.41, 5.74) is 6.30. The molecule has 0 saturated heterocycles. The molecule has 0 amide bonds. The van der Waals surface area contributed by atoms with Crippen LogP contribution in [0.4, 0.5) is 0 Å². The molecule has 4 saturated carbocycles. The van der Waals surface area contributed by atoms with E-state index in [4.69, 9.17) is 9.47 Å². The molecule has 0 aliphatic heterocycles. The summed E-state index contributed by atoms with van der Waals surface area (Å²) in [4.78, 5) is 0. The van der Waals surface area contributed by atoms with Gasteiger partial charge in [-0.1, -0.05) is 54.6 Å². The standard InChI is InChI=1S/C32H38O2/c1-33-12-13-34-11-5-8-29-17-28-10-9-27(26-6-3-2-4-7-26)18-30(28)19-31(29)32-20-23-14-24(21-32)16-25(15-23)22-32/h2-4,6-7,9-10,17-19,23-25H,5,8,11-16,20-22H2,1H3. The van der Waals surface area contributed by atoms with E-state index in [9.17, 15) is 0 Å². The first-order valence-electron chi connectivity index (χ1n) is 13.4. The van der Waals surface area contributed by atoms with Crippen molar-refractivity contribution < 1.29 is 9.47 Å². The van der Waals surface area contributed by atoms with Crippen molar-refractivity contribution in [2.75, 3.05) is 26.9 Å². The monoisotopic (exact) mass is 454 g/mol. The molecule has 178 valence electrons. The van der Waals surface area contributed by atoms with Gasteiger partial charge in [0, 0.05) is 13.7 Å². The Hall–Kier alpha value is -2.16. The van der Waals surface area contributed by atoms with E-state index in [2.05, 4.69) is 60.7 Å². The Morgan fingerprint density at radius 3 is 2.18 bits per heavy atom. The summed E-state index contributed by atoms with van der Waals surface area (Å²) in [7, 11) is 1.74. The lowest BCUT2D eigenvalue weighted by atomic mass is 9.47. The molecule has 0 heterocycles. The average Bonchev–Trinajstić information content (AvgIpc) is 2.85. The Morgan fingerprint density at radius 2 is 1.47 bits per heavy atom. The fourth-order valence-corrected chi connectivity index (χ4v) is 7.91. The zero-order valence-electron chi connectivity index (χ0n) is 20.6. The van der Waals surface area contributed by atoms with Crippen LogP contribution in [0.5, 0.6) is 0 Å². The highest BCUT2D eigenvalue weighted by Crippen LogP contribution is 2.61. The first kappa shape index (κ1) is 22.3. The smallest absolute Gasteiger partial charge is 0.0700 e. The van der Waals surface area contributed by atoms with E-state index in [1.165, 1.54) is 60.4 Å². The molecule has 4 aliphatic rings. The molecule has 7 rings (SSSR count). The summed E-state index contributed by atoms with van der Waals surface area (Å²) >= 11 is 0. The van der Waals surface area contributed by atoms with E-state index in [-0.39, 0.29) is 0 Å². The molecular formula is C32H38O2. The van der Waals surface area contributed by atoms with Crippen LogP contribution < -0.4 is 0 Å². The number of rotatable bonds is 9. The van der Waals surface area contributed by atoms with Crippen LogP contribution in [-0.2, 0) is 21.3 Å². The van der Waals surface area contributed by atoms with Crippen LogP contribution in [0.15, 0.2) is 60.7 Å². The van der Waals surface area contributed by atoms with Crippen molar-refractivity contribution in [1.82, 2.24) is 0 Å². The van der Waals surface area contributed by atoms with E-state index in [0.717, 1.165) is 37.2 Å². The normalized spacial score (nSPS) is 27.5. The summed E-state index contributed by atoms with van der Waals surface area (Å²) in [5, 5.41) is 2.79. The molecule has 0 radical (unpaired) electrons. The van der Waals surface area contributed by atoms with Gasteiger partial charge in [-0.3, -0.25) is 0 Å². The van der Waals surface area contributed by atoms with E-state index in [0.29, 0.717) is 18.6 Å². The molecule has 34 heavy (non-hydrogen) atoms. The van der Waals surface area contributed by atoms with Gasteiger partial charge in [0.15, 0.2) is 0 Å². The van der Waals surface area contributed by atoms with E-state index in [1.807, 2.05) is 0 Å². The van der Waals surface area contributed by atoms with Gasteiger partial charge in [0.05, 0.1) is 13.2 Å². The molecule has 3 aromatic rings. The largest absolute Gasteiger partial charge is 0.382 e. The Kier molecular flexibility index (Phi) is 6.22. The predicted octanol–water partition coefficient (Wildman–Crippen LogP) is 7.57. The number of methoxy groups -OCH3 is 1. The van der Waals surface area contributed by atoms with Crippen molar-refractivity contribution in [2.24, 2.45) is 17.8 Å². The van der Waals surface area contributed by atoms with Gasteiger partial charge in [0.1, 0.15) is 0 Å². The zero-order valence-corrected chi connectivity index (χ0v) is 20.6. The lowest BCUT2D eigenvalue weighted by molar-refractivity contribution is -0.00557. The SMILES string of the molecule is COCCOCCCc1cc2ccc(-c3ccccc3)cc2cc1C12CC3CC(CC(C3)C1)C2. The summed E-state index contributed by atoms with van der Waals surface area (Å²) in [6.07, 6.45) is 10.9. The first-order chi connectivity index (χ1) is 16.7. The van der Waals surface area contributed by atoms with Gasteiger partial charge in [-0.15, -0.1) is 0 Å². The van der Waals surface area contributed by atoms with E-state index >= 15 is 0 Å². The van der Waals surface area contributed by atoms with Gasteiger partial charge in [0.25, 0.3) is 0 Å². The molecule has 0 atom stereocenters. The van der Waals surface area contributed by atoms with Gasteiger partial charge < -0.3 is 9.47 Å². The maximum Gasteiger partial charge on any atom is 0.0700 e.